The SMILES string of the molecule is CCNC(=NCC(C)Oc1cccc(OC)c1)NCCOCC1CC1. The van der Waals surface area contributed by atoms with Gasteiger partial charge in [0.2, 0.25) is 0 Å². The second-order valence-electron chi connectivity index (χ2n) is 6.27. The van der Waals surface area contributed by atoms with Gasteiger partial charge < -0.3 is 24.8 Å². The van der Waals surface area contributed by atoms with Gasteiger partial charge in [-0.2, -0.15) is 0 Å². The zero-order valence-corrected chi connectivity index (χ0v) is 15.6. The highest BCUT2D eigenvalue weighted by Gasteiger charge is 2.20. The van der Waals surface area contributed by atoms with E-state index in [0.29, 0.717) is 13.2 Å². The van der Waals surface area contributed by atoms with Gasteiger partial charge in [-0.25, -0.2) is 4.99 Å². The maximum atomic E-state index is 5.89. The first-order valence-electron chi connectivity index (χ1n) is 9.12. The van der Waals surface area contributed by atoms with Gasteiger partial charge in [-0.3, -0.25) is 0 Å². The molecule has 6 heteroatoms. The van der Waals surface area contributed by atoms with Crippen LogP contribution in [0.25, 0.3) is 0 Å². The van der Waals surface area contributed by atoms with Gasteiger partial charge in [0, 0.05) is 25.8 Å². The fraction of sp³-hybridized carbons (Fsp3) is 0.632. The summed E-state index contributed by atoms with van der Waals surface area (Å²) in [6.07, 6.45) is 2.61. The predicted octanol–water partition coefficient (Wildman–Crippen LogP) is 2.44. The van der Waals surface area contributed by atoms with Gasteiger partial charge in [-0.1, -0.05) is 6.07 Å². The van der Waals surface area contributed by atoms with Crippen molar-refractivity contribution in [3.8, 4) is 11.5 Å². The van der Waals surface area contributed by atoms with Crippen molar-refractivity contribution in [3.63, 3.8) is 0 Å². The predicted molar refractivity (Wildman–Crippen MR) is 101 cm³/mol. The lowest BCUT2D eigenvalue weighted by atomic mass is 10.3. The van der Waals surface area contributed by atoms with Gasteiger partial charge in [-0.15, -0.1) is 0 Å². The van der Waals surface area contributed by atoms with Gasteiger partial charge in [0.05, 0.1) is 20.3 Å². The zero-order valence-electron chi connectivity index (χ0n) is 15.6. The number of guanidine groups is 1. The van der Waals surface area contributed by atoms with E-state index in [-0.39, 0.29) is 6.10 Å². The molecule has 1 aromatic rings. The van der Waals surface area contributed by atoms with E-state index in [4.69, 9.17) is 14.2 Å². The van der Waals surface area contributed by atoms with Crippen LogP contribution in [-0.4, -0.2) is 52.0 Å². The Kier molecular flexibility index (Phi) is 8.39. The second kappa shape index (κ2) is 10.8. The van der Waals surface area contributed by atoms with Crippen LogP contribution >= 0.6 is 0 Å². The van der Waals surface area contributed by atoms with Crippen molar-refractivity contribution in [2.75, 3.05) is 40.0 Å². The van der Waals surface area contributed by atoms with Crippen molar-refractivity contribution in [2.24, 2.45) is 10.9 Å². The number of hydrogen-bond acceptors (Lipinski definition) is 4. The second-order valence-corrected chi connectivity index (χ2v) is 6.27. The summed E-state index contributed by atoms with van der Waals surface area (Å²) in [6, 6.07) is 7.61. The number of hydrogen-bond donors (Lipinski definition) is 2. The summed E-state index contributed by atoms with van der Waals surface area (Å²) in [7, 11) is 1.65. The molecular formula is C19H31N3O3. The van der Waals surface area contributed by atoms with E-state index in [1.807, 2.05) is 31.2 Å². The number of benzene rings is 1. The minimum absolute atomic E-state index is 0.0336. The van der Waals surface area contributed by atoms with E-state index in [1.165, 1.54) is 12.8 Å². The molecular weight excluding hydrogens is 318 g/mol. The van der Waals surface area contributed by atoms with Crippen LogP contribution in [0, 0.1) is 5.92 Å². The largest absolute Gasteiger partial charge is 0.497 e. The van der Waals surface area contributed by atoms with Gasteiger partial charge in [-0.05, 0) is 44.7 Å². The molecule has 0 saturated heterocycles. The minimum atomic E-state index is -0.0336. The summed E-state index contributed by atoms with van der Waals surface area (Å²) in [5.41, 5.74) is 0. The van der Waals surface area contributed by atoms with E-state index >= 15 is 0 Å². The topological polar surface area (TPSA) is 64.1 Å². The van der Waals surface area contributed by atoms with Crippen molar-refractivity contribution in [1.29, 1.82) is 0 Å². The molecule has 1 atom stereocenters. The first-order valence-corrected chi connectivity index (χ1v) is 9.12. The van der Waals surface area contributed by atoms with Crippen molar-refractivity contribution in [1.82, 2.24) is 10.6 Å². The van der Waals surface area contributed by atoms with Gasteiger partial charge in [0.25, 0.3) is 0 Å². The minimum Gasteiger partial charge on any atom is -0.497 e. The summed E-state index contributed by atoms with van der Waals surface area (Å²) < 4.78 is 16.7. The quantitative estimate of drug-likeness (QED) is 0.365. The van der Waals surface area contributed by atoms with E-state index in [0.717, 1.165) is 43.1 Å². The highest BCUT2D eigenvalue weighted by atomic mass is 16.5. The summed E-state index contributed by atoms with van der Waals surface area (Å²) >= 11 is 0. The maximum Gasteiger partial charge on any atom is 0.191 e. The van der Waals surface area contributed by atoms with Crippen LogP contribution in [0.5, 0.6) is 11.5 Å². The monoisotopic (exact) mass is 349 g/mol. The molecule has 1 saturated carbocycles. The van der Waals surface area contributed by atoms with Gasteiger partial charge in [0.1, 0.15) is 17.6 Å². The molecule has 0 aromatic heterocycles. The van der Waals surface area contributed by atoms with Crippen LogP contribution in [0.2, 0.25) is 0 Å². The Labute approximate surface area is 151 Å². The molecule has 6 nitrogen and oxygen atoms in total. The molecule has 0 spiro atoms. The molecule has 1 unspecified atom stereocenters. The standard InChI is InChI=1S/C19H31N3O3/c1-4-20-19(21-10-11-24-14-16-8-9-16)22-13-15(2)25-18-7-5-6-17(12-18)23-3/h5-7,12,15-16H,4,8-11,13-14H2,1-3H3,(H2,20,21,22). The van der Waals surface area contributed by atoms with Crippen LogP contribution < -0.4 is 20.1 Å². The fourth-order valence-corrected chi connectivity index (χ4v) is 2.28. The summed E-state index contributed by atoms with van der Waals surface area (Å²) in [5, 5.41) is 6.53. The number of rotatable bonds is 11. The Bertz CT molecular complexity index is 532. The molecule has 1 aromatic carbocycles. The molecule has 0 aliphatic heterocycles. The summed E-state index contributed by atoms with van der Waals surface area (Å²) in [6.45, 7) is 7.79. The van der Waals surface area contributed by atoms with Gasteiger partial charge >= 0.3 is 0 Å². The molecule has 1 fully saturated rings. The molecule has 1 aliphatic rings. The summed E-state index contributed by atoms with van der Waals surface area (Å²) in [5.74, 6) is 3.16. The van der Waals surface area contributed by atoms with Crippen LogP contribution in [0.3, 0.4) is 0 Å². The molecule has 140 valence electrons. The van der Waals surface area contributed by atoms with Crippen molar-refractivity contribution < 1.29 is 14.2 Å². The first-order chi connectivity index (χ1) is 12.2. The molecule has 0 amide bonds. The molecule has 0 radical (unpaired) electrons. The average molecular weight is 349 g/mol. The van der Waals surface area contributed by atoms with Gasteiger partial charge in [0.15, 0.2) is 5.96 Å². The Morgan fingerprint density at radius 1 is 1.28 bits per heavy atom. The Morgan fingerprint density at radius 3 is 2.80 bits per heavy atom. The smallest absolute Gasteiger partial charge is 0.191 e. The Morgan fingerprint density at radius 2 is 2.08 bits per heavy atom. The molecule has 0 bridgehead atoms. The van der Waals surface area contributed by atoms with Crippen LogP contribution in [0.4, 0.5) is 0 Å². The van der Waals surface area contributed by atoms with Crippen molar-refractivity contribution in [2.45, 2.75) is 32.8 Å². The number of methoxy groups -OCH3 is 1. The number of aliphatic imine (C=N–C) groups is 1. The maximum absolute atomic E-state index is 5.89. The van der Waals surface area contributed by atoms with E-state index < -0.39 is 0 Å². The lowest BCUT2D eigenvalue weighted by molar-refractivity contribution is 0.129. The molecule has 2 N–H and O–H groups in total. The first kappa shape index (κ1) is 19.4. The highest BCUT2D eigenvalue weighted by molar-refractivity contribution is 5.79. The third-order valence-corrected chi connectivity index (χ3v) is 3.82. The lowest BCUT2D eigenvalue weighted by Gasteiger charge is -2.15. The zero-order chi connectivity index (χ0) is 17.9. The summed E-state index contributed by atoms with van der Waals surface area (Å²) in [4.78, 5) is 4.58. The average Bonchev–Trinajstić information content (AvgIpc) is 3.43. The van der Waals surface area contributed by atoms with E-state index in [2.05, 4.69) is 22.5 Å². The lowest BCUT2D eigenvalue weighted by Crippen LogP contribution is -2.39. The van der Waals surface area contributed by atoms with Crippen LogP contribution in [0.1, 0.15) is 26.7 Å². The fourth-order valence-electron chi connectivity index (χ4n) is 2.28. The van der Waals surface area contributed by atoms with Crippen LogP contribution in [-0.2, 0) is 4.74 Å². The van der Waals surface area contributed by atoms with Crippen molar-refractivity contribution >= 4 is 5.96 Å². The third kappa shape index (κ3) is 8.12. The molecule has 2 rings (SSSR count). The molecule has 1 aliphatic carbocycles. The highest BCUT2D eigenvalue weighted by Crippen LogP contribution is 2.28. The van der Waals surface area contributed by atoms with Crippen molar-refractivity contribution in [3.05, 3.63) is 24.3 Å². The molecule has 25 heavy (non-hydrogen) atoms. The Hall–Kier alpha value is -1.95. The third-order valence-electron chi connectivity index (χ3n) is 3.82. The van der Waals surface area contributed by atoms with E-state index in [9.17, 15) is 0 Å². The Balaban J connectivity index is 1.71. The normalized spacial score (nSPS) is 15.6. The number of nitrogens with one attached hydrogen (secondary N) is 2. The number of ether oxygens (including phenoxy) is 3. The van der Waals surface area contributed by atoms with E-state index in [1.54, 1.807) is 7.11 Å². The van der Waals surface area contributed by atoms with Crippen LogP contribution in [0.15, 0.2) is 29.3 Å². The number of nitrogens with zero attached hydrogens (tertiary/aromatic N) is 1. The molecule has 0 heterocycles.